The molecule has 1 aliphatic heterocycles. The molecule has 1 aromatic carbocycles. The van der Waals surface area contributed by atoms with Crippen LogP contribution < -0.4 is 0 Å². The van der Waals surface area contributed by atoms with Gasteiger partial charge in [-0.3, -0.25) is 9.69 Å². The third-order valence-corrected chi connectivity index (χ3v) is 5.21. The average molecular weight is 340 g/mol. The van der Waals surface area contributed by atoms with Crippen LogP contribution in [-0.4, -0.2) is 23.3 Å². The molecule has 2 unspecified atom stereocenters. The summed E-state index contributed by atoms with van der Waals surface area (Å²) in [4.78, 5) is 14.4. The average Bonchev–Trinajstić information content (AvgIpc) is 3.02. The van der Waals surface area contributed by atoms with E-state index in [1.165, 1.54) is 6.07 Å². The molecule has 1 saturated heterocycles. The van der Waals surface area contributed by atoms with Crippen LogP contribution >= 0.6 is 15.9 Å². The Bertz CT molecular complexity index is 519. The van der Waals surface area contributed by atoms with Gasteiger partial charge in [0, 0.05) is 24.9 Å². The van der Waals surface area contributed by atoms with Gasteiger partial charge in [-0.2, -0.15) is 0 Å². The number of hydrogen-bond donors (Lipinski definition) is 0. The van der Waals surface area contributed by atoms with Crippen molar-refractivity contribution >= 4 is 21.7 Å². The summed E-state index contributed by atoms with van der Waals surface area (Å²) in [6.07, 6.45) is 5.15. The summed E-state index contributed by atoms with van der Waals surface area (Å²) in [7, 11) is 0. The van der Waals surface area contributed by atoms with E-state index < -0.39 is 0 Å². The van der Waals surface area contributed by atoms with Crippen LogP contribution in [0.2, 0.25) is 0 Å². The molecule has 0 radical (unpaired) electrons. The Kier molecular flexibility index (Phi) is 4.22. The van der Waals surface area contributed by atoms with Crippen LogP contribution in [0.1, 0.15) is 37.7 Å². The van der Waals surface area contributed by atoms with E-state index in [1.54, 1.807) is 0 Å². The van der Waals surface area contributed by atoms with E-state index in [-0.39, 0.29) is 11.7 Å². The van der Waals surface area contributed by atoms with Gasteiger partial charge in [-0.25, -0.2) is 4.39 Å². The van der Waals surface area contributed by atoms with E-state index in [2.05, 4.69) is 20.8 Å². The molecule has 2 nitrogen and oxygen atoms in total. The summed E-state index contributed by atoms with van der Waals surface area (Å²) in [5.74, 6) is 0.460. The number of nitrogens with zero attached hydrogens (tertiary/aromatic N) is 1. The highest BCUT2D eigenvalue weighted by atomic mass is 79.9. The van der Waals surface area contributed by atoms with Crippen molar-refractivity contribution in [1.29, 1.82) is 0 Å². The van der Waals surface area contributed by atoms with Gasteiger partial charge in [-0.1, -0.05) is 6.07 Å². The van der Waals surface area contributed by atoms with Gasteiger partial charge in [0.1, 0.15) is 11.6 Å². The third kappa shape index (κ3) is 2.82. The van der Waals surface area contributed by atoms with Crippen molar-refractivity contribution in [2.45, 2.75) is 44.7 Å². The van der Waals surface area contributed by atoms with Crippen LogP contribution in [0.4, 0.5) is 4.39 Å². The van der Waals surface area contributed by atoms with Crippen molar-refractivity contribution in [2.24, 2.45) is 5.92 Å². The van der Waals surface area contributed by atoms with Crippen molar-refractivity contribution in [3.8, 4) is 0 Å². The quantitative estimate of drug-likeness (QED) is 0.831. The number of benzene rings is 1. The molecule has 0 spiro atoms. The van der Waals surface area contributed by atoms with Crippen molar-refractivity contribution in [3.05, 3.63) is 34.1 Å². The lowest BCUT2D eigenvalue weighted by atomic mass is 9.95. The maximum atomic E-state index is 13.3. The number of halogens is 2. The van der Waals surface area contributed by atoms with Gasteiger partial charge in [0.05, 0.1) is 4.47 Å². The number of carbonyl (C=O) groups is 1. The van der Waals surface area contributed by atoms with Crippen LogP contribution in [0, 0.1) is 11.7 Å². The fraction of sp³-hybridized carbons (Fsp3) is 0.562. The van der Waals surface area contributed by atoms with Gasteiger partial charge in [0.2, 0.25) is 0 Å². The molecule has 20 heavy (non-hydrogen) atoms. The Morgan fingerprint density at radius 3 is 2.85 bits per heavy atom. The number of ketones is 1. The Balaban J connectivity index is 1.72. The first-order valence-corrected chi connectivity index (χ1v) is 8.15. The van der Waals surface area contributed by atoms with Gasteiger partial charge in [0.25, 0.3) is 0 Å². The predicted molar refractivity (Wildman–Crippen MR) is 79.9 cm³/mol. The number of carbonyl (C=O) groups excluding carboxylic acids is 1. The largest absolute Gasteiger partial charge is 0.299 e. The summed E-state index contributed by atoms with van der Waals surface area (Å²) in [5.41, 5.74) is 1.11. The minimum Gasteiger partial charge on any atom is -0.299 e. The molecule has 0 bridgehead atoms. The van der Waals surface area contributed by atoms with Gasteiger partial charge in [0.15, 0.2) is 0 Å². The predicted octanol–water partition coefficient (Wildman–Crippen LogP) is 3.92. The molecule has 108 valence electrons. The first-order chi connectivity index (χ1) is 9.65. The lowest BCUT2D eigenvalue weighted by Crippen LogP contribution is -2.37. The van der Waals surface area contributed by atoms with Crippen LogP contribution in [0.5, 0.6) is 0 Å². The molecule has 1 heterocycles. The third-order valence-electron chi connectivity index (χ3n) is 4.60. The number of rotatable bonds is 3. The first kappa shape index (κ1) is 14.2. The minimum absolute atomic E-state index is 0.224. The summed E-state index contributed by atoms with van der Waals surface area (Å²) >= 11 is 3.24. The Labute approximate surface area is 127 Å². The van der Waals surface area contributed by atoms with E-state index in [0.717, 1.165) is 50.8 Å². The summed E-state index contributed by atoms with van der Waals surface area (Å²) in [5, 5.41) is 0. The van der Waals surface area contributed by atoms with E-state index in [0.29, 0.717) is 16.3 Å². The topological polar surface area (TPSA) is 20.3 Å². The Hall–Kier alpha value is -0.740. The van der Waals surface area contributed by atoms with Gasteiger partial charge >= 0.3 is 0 Å². The highest BCUT2D eigenvalue weighted by molar-refractivity contribution is 9.10. The molecular weight excluding hydrogens is 321 g/mol. The van der Waals surface area contributed by atoms with Gasteiger partial charge in [-0.15, -0.1) is 0 Å². The zero-order chi connectivity index (χ0) is 14.1. The molecule has 1 aromatic rings. The molecular formula is C16H19BrFNO. The van der Waals surface area contributed by atoms with Crippen molar-refractivity contribution in [1.82, 2.24) is 4.90 Å². The molecule has 2 fully saturated rings. The molecule has 3 rings (SSSR count). The number of Topliss-reactive ketones (excluding diaryl/α,β-unsaturated/α-hetero) is 1. The van der Waals surface area contributed by atoms with E-state index in [9.17, 15) is 9.18 Å². The first-order valence-electron chi connectivity index (χ1n) is 7.36. The van der Waals surface area contributed by atoms with Crippen molar-refractivity contribution in [2.75, 3.05) is 6.54 Å². The molecule has 1 saturated carbocycles. The molecule has 2 atom stereocenters. The zero-order valence-corrected chi connectivity index (χ0v) is 13.0. The SMILES string of the molecule is O=C1CCCC1C1CCCN1Cc1ccc(F)c(Br)c1. The standard InChI is InChI=1S/C16H19BrFNO/c17-13-9-11(6-7-14(13)18)10-19-8-2-4-15(19)12-3-1-5-16(12)20/h6-7,9,12,15H,1-5,8,10H2. The van der Waals surface area contributed by atoms with E-state index in [1.807, 2.05) is 12.1 Å². The van der Waals surface area contributed by atoms with Crippen LogP contribution in [-0.2, 0) is 11.3 Å². The Morgan fingerprint density at radius 1 is 1.30 bits per heavy atom. The van der Waals surface area contributed by atoms with Crippen LogP contribution in [0.25, 0.3) is 0 Å². The maximum Gasteiger partial charge on any atom is 0.137 e. The highest BCUT2D eigenvalue weighted by Gasteiger charge is 2.37. The summed E-state index contributed by atoms with van der Waals surface area (Å²) in [6, 6.07) is 5.59. The second-order valence-corrected chi connectivity index (χ2v) is 6.75. The van der Waals surface area contributed by atoms with Crippen molar-refractivity contribution < 1.29 is 9.18 Å². The number of likely N-dealkylation sites (tertiary alicyclic amines) is 1. The van der Waals surface area contributed by atoms with Crippen molar-refractivity contribution in [3.63, 3.8) is 0 Å². The molecule has 1 aliphatic carbocycles. The second-order valence-electron chi connectivity index (χ2n) is 5.89. The molecule has 0 aromatic heterocycles. The Morgan fingerprint density at radius 2 is 2.15 bits per heavy atom. The summed E-state index contributed by atoms with van der Waals surface area (Å²) < 4.78 is 13.8. The molecule has 4 heteroatoms. The van der Waals surface area contributed by atoms with Crippen LogP contribution in [0.15, 0.2) is 22.7 Å². The zero-order valence-electron chi connectivity index (χ0n) is 11.4. The maximum absolute atomic E-state index is 13.3. The van der Waals surface area contributed by atoms with Gasteiger partial charge in [-0.05, 0) is 65.9 Å². The summed E-state index contributed by atoms with van der Waals surface area (Å²) in [6.45, 7) is 1.86. The number of hydrogen-bond acceptors (Lipinski definition) is 2. The smallest absolute Gasteiger partial charge is 0.137 e. The molecule has 2 aliphatic rings. The van der Waals surface area contributed by atoms with Gasteiger partial charge < -0.3 is 0 Å². The minimum atomic E-state index is -0.224. The van der Waals surface area contributed by atoms with E-state index in [4.69, 9.17) is 0 Å². The second kappa shape index (κ2) is 5.94. The lowest BCUT2D eigenvalue weighted by Gasteiger charge is -2.28. The fourth-order valence-electron chi connectivity index (χ4n) is 3.63. The highest BCUT2D eigenvalue weighted by Crippen LogP contribution is 2.34. The monoisotopic (exact) mass is 339 g/mol. The normalized spacial score (nSPS) is 27.4. The van der Waals surface area contributed by atoms with E-state index >= 15 is 0 Å². The molecule has 0 amide bonds. The fourth-order valence-corrected chi connectivity index (χ4v) is 4.05. The van der Waals surface area contributed by atoms with Crippen LogP contribution in [0.3, 0.4) is 0 Å². The lowest BCUT2D eigenvalue weighted by molar-refractivity contribution is -0.122. The molecule has 0 N–H and O–H groups in total.